The highest BCUT2D eigenvalue weighted by Gasteiger charge is 2.12. The first-order chi connectivity index (χ1) is 12.4. The normalized spacial score (nSPS) is 10.8. The molecule has 0 unspecified atom stereocenters. The molecular weight excluding hydrogens is 370 g/mol. The van der Waals surface area contributed by atoms with E-state index >= 15 is 0 Å². The molecule has 3 rings (SSSR count). The van der Waals surface area contributed by atoms with Crippen LogP contribution in [0.4, 0.5) is 11.6 Å². The van der Waals surface area contributed by atoms with E-state index in [1.807, 2.05) is 23.6 Å². The fourth-order valence-electron chi connectivity index (χ4n) is 2.65. The molecule has 0 spiro atoms. The topological polar surface area (TPSA) is 56.1 Å². The number of thiophene rings is 1. The van der Waals surface area contributed by atoms with Crippen LogP contribution in [0.3, 0.4) is 0 Å². The molecular formula is C19H20ClN3O2S. The van der Waals surface area contributed by atoms with E-state index in [0.717, 1.165) is 20.5 Å². The van der Waals surface area contributed by atoms with Crippen molar-refractivity contribution in [3.05, 3.63) is 66.7 Å². The van der Waals surface area contributed by atoms with Crippen molar-refractivity contribution in [2.75, 3.05) is 12.4 Å². The van der Waals surface area contributed by atoms with E-state index in [-0.39, 0.29) is 5.75 Å². The summed E-state index contributed by atoms with van der Waals surface area (Å²) >= 11 is 7.53. The Morgan fingerprint density at radius 2 is 1.92 bits per heavy atom. The first-order valence-corrected chi connectivity index (χ1v) is 9.31. The Kier molecular flexibility index (Phi) is 5.34. The van der Waals surface area contributed by atoms with E-state index in [1.54, 1.807) is 6.20 Å². The second-order valence-electron chi connectivity index (χ2n) is 6.15. The maximum absolute atomic E-state index is 12.2. The number of aryl methyl sites for hydroxylation is 3. The van der Waals surface area contributed by atoms with Crippen molar-refractivity contribution in [3.8, 4) is 5.75 Å². The van der Waals surface area contributed by atoms with Gasteiger partial charge in [-0.2, -0.15) is 4.98 Å². The summed E-state index contributed by atoms with van der Waals surface area (Å²) in [4.78, 5) is 17.4. The van der Waals surface area contributed by atoms with Gasteiger partial charge in [-0.1, -0.05) is 17.7 Å². The van der Waals surface area contributed by atoms with Crippen LogP contribution < -0.4 is 15.6 Å². The maximum Gasteiger partial charge on any atom is 0.316 e. The Morgan fingerprint density at radius 1 is 1.19 bits per heavy atom. The fraction of sp³-hybridized carbons (Fsp3) is 0.263. The summed E-state index contributed by atoms with van der Waals surface area (Å²) in [7, 11) is 1.46. The largest absolute Gasteiger partial charge is 0.490 e. The summed E-state index contributed by atoms with van der Waals surface area (Å²) in [5.41, 5.74) is 4.00. The molecule has 0 aliphatic carbocycles. The Balaban J connectivity index is 2.03. The summed E-state index contributed by atoms with van der Waals surface area (Å²) in [6, 6.07) is 7.99. The highest BCUT2D eigenvalue weighted by atomic mass is 35.5. The minimum absolute atomic E-state index is 0.204. The molecule has 3 aromatic rings. The number of hydrogen-bond acceptors (Lipinski definition) is 5. The van der Waals surface area contributed by atoms with Crippen LogP contribution in [0.2, 0.25) is 4.34 Å². The number of halogens is 1. The van der Waals surface area contributed by atoms with Gasteiger partial charge in [0.25, 0.3) is 0 Å². The van der Waals surface area contributed by atoms with Crippen LogP contribution >= 0.6 is 22.9 Å². The molecule has 0 saturated heterocycles. The second-order valence-corrected chi connectivity index (χ2v) is 7.95. The Morgan fingerprint density at radius 3 is 2.58 bits per heavy atom. The van der Waals surface area contributed by atoms with Crippen LogP contribution in [-0.2, 0) is 6.54 Å². The number of methoxy groups -OCH3 is 1. The minimum Gasteiger partial charge on any atom is -0.490 e. The quantitative estimate of drug-likeness (QED) is 0.688. The minimum atomic E-state index is -0.406. The van der Waals surface area contributed by atoms with Crippen LogP contribution in [0.5, 0.6) is 5.75 Å². The van der Waals surface area contributed by atoms with Crippen LogP contribution in [0.15, 0.2) is 35.3 Å². The molecule has 5 nitrogen and oxygen atoms in total. The number of nitrogens with zero attached hydrogens (tertiary/aromatic N) is 2. The molecule has 0 atom stereocenters. The molecule has 0 aliphatic rings. The lowest BCUT2D eigenvalue weighted by atomic mass is 10.1. The van der Waals surface area contributed by atoms with E-state index in [1.165, 1.54) is 29.6 Å². The number of aromatic nitrogens is 2. The van der Waals surface area contributed by atoms with Crippen molar-refractivity contribution >= 4 is 34.6 Å². The third-order valence-corrected chi connectivity index (χ3v) is 5.44. The Labute approximate surface area is 161 Å². The highest BCUT2D eigenvalue weighted by molar-refractivity contribution is 7.16. The predicted molar refractivity (Wildman–Crippen MR) is 107 cm³/mol. The molecule has 1 aromatic carbocycles. The van der Waals surface area contributed by atoms with E-state index in [0.29, 0.717) is 12.5 Å². The molecule has 136 valence electrons. The lowest BCUT2D eigenvalue weighted by Gasteiger charge is -2.16. The zero-order chi connectivity index (χ0) is 18.8. The molecule has 2 aromatic heterocycles. The predicted octanol–water partition coefficient (Wildman–Crippen LogP) is 4.68. The second kappa shape index (κ2) is 7.51. The van der Waals surface area contributed by atoms with Crippen molar-refractivity contribution in [1.82, 2.24) is 9.55 Å². The summed E-state index contributed by atoms with van der Waals surface area (Å²) in [5, 5.41) is 3.30. The van der Waals surface area contributed by atoms with Gasteiger partial charge in [-0.25, -0.2) is 0 Å². The fourth-order valence-corrected chi connectivity index (χ4v) is 3.74. The summed E-state index contributed by atoms with van der Waals surface area (Å²) < 4.78 is 7.73. The van der Waals surface area contributed by atoms with Gasteiger partial charge in [0, 0.05) is 10.6 Å². The van der Waals surface area contributed by atoms with E-state index in [9.17, 15) is 4.79 Å². The van der Waals surface area contributed by atoms with E-state index in [4.69, 9.17) is 16.3 Å². The van der Waals surface area contributed by atoms with Gasteiger partial charge in [-0.15, -0.1) is 11.3 Å². The SMILES string of the molecule is COc1cn(Cc2ccc(Cl)s2)c(Nc2cc(C)c(C)cc2C)nc1=O. The number of hydrogen-bond donors (Lipinski definition) is 1. The Hall–Kier alpha value is -2.31. The van der Waals surface area contributed by atoms with Crippen molar-refractivity contribution in [2.24, 2.45) is 0 Å². The first kappa shape index (κ1) is 18.5. The zero-order valence-electron chi connectivity index (χ0n) is 15.1. The summed E-state index contributed by atoms with van der Waals surface area (Å²) in [5.74, 6) is 0.668. The van der Waals surface area contributed by atoms with Crippen LogP contribution in [-0.4, -0.2) is 16.7 Å². The number of nitrogens with one attached hydrogen (secondary N) is 1. The number of benzene rings is 1. The number of ether oxygens (including phenoxy) is 1. The Bertz CT molecular complexity index is 1010. The van der Waals surface area contributed by atoms with Gasteiger partial charge in [0.2, 0.25) is 11.7 Å². The lowest BCUT2D eigenvalue weighted by molar-refractivity contribution is 0.402. The molecule has 0 saturated carbocycles. The van der Waals surface area contributed by atoms with Gasteiger partial charge < -0.3 is 14.6 Å². The molecule has 0 bridgehead atoms. The molecule has 2 heterocycles. The van der Waals surface area contributed by atoms with Crippen molar-refractivity contribution < 1.29 is 4.74 Å². The van der Waals surface area contributed by atoms with Gasteiger partial charge in [0.05, 0.1) is 24.2 Å². The van der Waals surface area contributed by atoms with Gasteiger partial charge >= 0.3 is 5.56 Å². The van der Waals surface area contributed by atoms with Crippen LogP contribution in [0, 0.1) is 20.8 Å². The van der Waals surface area contributed by atoms with Crippen molar-refractivity contribution in [1.29, 1.82) is 0 Å². The first-order valence-electron chi connectivity index (χ1n) is 8.12. The maximum atomic E-state index is 12.2. The van der Waals surface area contributed by atoms with Gasteiger partial charge in [-0.05, 0) is 55.7 Å². The molecule has 0 amide bonds. The van der Waals surface area contributed by atoms with Crippen molar-refractivity contribution in [3.63, 3.8) is 0 Å². The average Bonchev–Trinajstić information content (AvgIpc) is 2.99. The summed E-state index contributed by atoms with van der Waals surface area (Å²) in [6.07, 6.45) is 1.67. The third kappa shape index (κ3) is 3.92. The van der Waals surface area contributed by atoms with E-state index in [2.05, 4.69) is 36.3 Å². The molecule has 0 aliphatic heterocycles. The third-order valence-electron chi connectivity index (χ3n) is 4.23. The zero-order valence-corrected chi connectivity index (χ0v) is 16.7. The van der Waals surface area contributed by atoms with Crippen LogP contribution in [0.25, 0.3) is 0 Å². The molecule has 26 heavy (non-hydrogen) atoms. The standard InChI is InChI=1S/C19H20ClN3O2S/c1-11-7-13(3)15(8-12(11)2)21-19-22-18(24)16(25-4)10-23(19)9-14-5-6-17(20)26-14/h5-8,10H,9H2,1-4H3,(H,21,22,24). The van der Waals surface area contributed by atoms with Crippen LogP contribution in [0.1, 0.15) is 21.6 Å². The van der Waals surface area contributed by atoms with Gasteiger partial charge in [-0.3, -0.25) is 4.79 Å². The highest BCUT2D eigenvalue weighted by Crippen LogP contribution is 2.26. The lowest BCUT2D eigenvalue weighted by Crippen LogP contribution is -2.18. The monoisotopic (exact) mass is 389 g/mol. The van der Waals surface area contributed by atoms with Gasteiger partial charge in [0.15, 0.2) is 0 Å². The number of rotatable bonds is 5. The van der Waals surface area contributed by atoms with Crippen molar-refractivity contribution in [2.45, 2.75) is 27.3 Å². The number of anilines is 2. The molecule has 0 radical (unpaired) electrons. The summed E-state index contributed by atoms with van der Waals surface area (Å²) in [6.45, 7) is 6.70. The smallest absolute Gasteiger partial charge is 0.316 e. The van der Waals surface area contributed by atoms with Gasteiger partial charge in [0.1, 0.15) is 0 Å². The molecule has 7 heteroatoms. The average molecular weight is 390 g/mol. The molecule has 1 N–H and O–H groups in total. The van der Waals surface area contributed by atoms with E-state index < -0.39 is 5.56 Å². The molecule has 0 fully saturated rings.